The highest BCUT2D eigenvalue weighted by atomic mass is 16.4. The summed E-state index contributed by atoms with van der Waals surface area (Å²) in [5, 5.41) is 4.18. The Kier molecular flexibility index (Phi) is 4.88. The monoisotopic (exact) mass is 342 g/mol. The van der Waals surface area contributed by atoms with Crippen LogP contribution in [0.25, 0.3) is 0 Å². The van der Waals surface area contributed by atoms with Gasteiger partial charge in [0.25, 0.3) is 5.91 Å². The molecule has 0 saturated carbocycles. The van der Waals surface area contributed by atoms with Gasteiger partial charge >= 0.3 is 0 Å². The van der Waals surface area contributed by atoms with Gasteiger partial charge in [-0.2, -0.15) is 5.10 Å². The van der Waals surface area contributed by atoms with Gasteiger partial charge in [-0.3, -0.25) is 9.48 Å². The second kappa shape index (κ2) is 7.44. The molecule has 25 heavy (non-hydrogen) atoms. The van der Waals surface area contributed by atoms with Gasteiger partial charge in [-0.1, -0.05) is 6.42 Å². The van der Waals surface area contributed by atoms with Gasteiger partial charge in [0.1, 0.15) is 5.76 Å². The van der Waals surface area contributed by atoms with Crippen LogP contribution in [0.3, 0.4) is 0 Å². The minimum absolute atomic E-state index is 0.0335. The van der Waals surface area contributed by atoms with E-state index in [2.05, 4.69) is 10.00 Å². The summed E-state index contributed by atoms with van der Waals surface area (Å²) < 4.78 is 7.60. The molecule has 2 aromatic heterocycles. The van der Waals surface area contributed by atoms with Crippen molar-refractivity contribution in [2.75, 3.05) is 26.2 Å². The Labute approximate surface area is 148 Å². The quantitative estimate of drug-likeness (QED) is 0.838. The van der Waals surface area contributed by atoms with Gasteiger partial charge in [-0.05, 0) is 57.0 Å². The first kappa shape index (κ1) is 16.4. The highest BCUT2D eigenvalue weighted by Crippen LogP contribution is 2.23. The number of aromatic nitrogens is 2. The maximum atomic E-state index is 12.9. The lowest BCUT2D eigenvalue weighted by molar-refractivity contribution is 0.0657. The van der Waals surface area contributed by atoms with Crippen LogP contribution in [-0.2, 0) is 6.54 Å². The molecule has 0 spiro atoms. The van der Waals surface area contributed by atoms with Gasteiger partial charge in [0, 0.05) is 31.5 Å². The summed E-state index contributed by atoms with van der Waals surface area (Å²) in [5.41, 5.74) is 0. The standard InChI is InChI=1S/C19H26N4O2/c24-19(18-8-7-17(25-18)15-22-12-5-9-20-22)23-13-4-6-16(23)14-21-10-2-1-3-11-21/h5,7-9,12,16H,1-4,6,10-11,13-15H2/t16-/m0/s1. The van der Waals surface area contributed by atoms with Crippen molar-refractivity contribution in [1.82, 2.24) is 19.6 Å². The SMILES string of the molecule is O=C(c1ccc(Cn2cccn2)o1)N1CCC[C@H]1CN1CCCCC1. The van der Waals surface area contributed by atoms with Crippen molar-refractivity contribution in [2.24, 2.45) is 0 Å². The van der Waals surface area contributed by atoms with Crippen molar-refractivity contribution in [3.63, 3.8) is 0 Å². The summed E-state index contributed by atoms with van der Waals surface area (Å²) in [6.07, 6.45) is 9.73. The van der Waals surface area contributed by atoms with Gasteiger partial charge in [0.05, 0.1) is 6.54 Å². The Morgan fingerprint density at radius 3 is 2.84 bits per heavy atom. The fourth-order valence-corrected chi connectivity index (χ4v) is 4.01. The fourth-order valence-electron chi connectivity index (χ4n) is 4.01. The average molecular weight is 342 g/mol. The molecule has 0 aliphatic carbocycles. The zero-order valence-corrected chi connectivity index (χ0v) is 14.6. The molecule has 134 valence electrons. The summed E-state index contributed by atoms with van der Waals surface area (Å²) in [6, 6.07) is 5.89. The minimum Gasteiger partial charge on any atom is -0.454 e. The van der Waals surface area contributed by atoms with Crippen LogP contribution in [0.4, 0.5) is 0 Å². The van der Waals surface area contributed by atoms with E-state index in [1.165, 1.54) is 32.4 Å². The molecule has 2 aliphatic heterocycles. The Morgan fingerprint density at radius 1 is 1.16 bits per heavy atom. The first-order valence-electron chi connectivity index (χ1n) is 9.39. The molecule has 4 heterocycles. The number of carbonyl (C=O) groups excluding carboxylic acids is 1. The van der Waals surface area contributed by atoms with Crippen LogP contribution in [0.1, 0.15) is 48.4 Å². The molecule has 1 amide bonds. The van der Waals surface area contributed by atoms with E-state index in [1.807, 2.05) is 23.2 Å². The van der Waals surface area contributed by atoms with Gasteiger partial charge in [-0.25, -0.2) is 0 Å². The number of hydrogen-bond acceptors (Lipinski definition) is 4. The van der Waals surface area contributed by atoms with Crippen molar-refractivity contribution in [3.8, 4) is 0 Å². The lowest BCUT2D eigenvalue weighted by atomic mass is 10.1. The second-order valence-corrected chi connectivity index (χ2v) is 7.13. The molecule has 2 fully saturated rings. The molecule has 0 radical (unpaired) electrons. The van der Waals surface area contributed by atoms with Gasteiger partial charge in [0.15, 0.2) is 5.76 Å². The highest BCUT2D eigenvalue weighted by Gasteiger charge is 2.32. The third-order valence-electron chi connectivity index (χ3n) is 5.31. The molecule has 2 aliphatic rings. The van der Waals surface area contributed by atoms with Crippen LogP contribution in [0.5, 0.6) is 0 Å². The van der Waals surface area contributed by atoms with E-state index < -0.39 is 0 Å². The number of piperidine rings is 1. The van der Waals surface area contributed by atoms with Crippen molar-refractivity contribution in [3.05, 3.63) is 42.1 Å². The van der Waals surface area contributed by atoms with Gasteiger partial charge < -0.3 is 14.2 Å². The highest BCUT2D eigenvalue weighted by molar-refractivity contribution is 5.92. The zero-order chi connectivity index (χ0) is 17.1. The van der Waals surface area contributed by atoms with E-state index in [9.17, 15) is 4.79 Å². The number of likely N-dealkylation sites (tertiary alicyclic amines) is 2. The summed E-state index contributed by atoms with van der Waals surface area (Å²) in [7, 11) is 0. The number of nitrogens with zero attached hydrogens (tertiary/aromatic N) is 4. The lowest BCUT2D eigenvalue weighted by Crippen LogP contribution is -2.44. The predicted molar refractivity (Wildman–Crippen MR) is 94.4 cm³/mol. The van der Waals surface area contributed by atoms with Crippen LogP contribution in [0.2, 0.25) is 0 Å². The number of rotatable bonds is 5. The number of hydrogen-bond donors (Lipinski definition) is 0. The fraction of sp³-hybridized carbons (Fsp3) is 0.579. The van der Waals surface area contributed by atoms with Crippen LogP contribution < -0.4 is 0 Å². The van der Waals surface area contributed by atoms with Crippen LogP contribution in [0, 0.1) is 0 Å². The first-order valence-corrected chi connectivity index (χ1v) is 9.39. The summed E-state index contributed by atoms with van der Waals surface area (Å²) >= 11 is 0. The summed E-state index contributed by atoms with van der Waals surface area (Å²) in [4.78, 5) is 17.4. The number of carbonyl (C=O) groups is 1. The minimum atomic E-state index is 0.0335. The Morgan fingerprint density at radius 2 is 2.04 bits per heavy atom. The number of furan rings is 1. The van der Waals surface area contributed by atoms with Crippen LogP contribution in [0.15, 0.2) is 35.0 Å². The maximum absolute atomic E-state index is 12.9. The van der Waals surface area contributed by atoms with Crippen molar-refractivity contribution in [1.29, 1.82) is 0 Å². The average Bonchev–Trinajstić information content (AvgIpc) is 3.38. The van der Waals surface area contributed by atoms with Crippen LogP contribution >= 0.6 is 0 Å². The molecule has 2 aromatic rings. The largest absolute Gasteiger partial charge is 0.454 e. The first-order chi connectivity index (χ1) is 12.3. The Balaban J connectivity index is 1.40. The Bertz CT molecular complexity index is 688. The molecule has 2 saturated heterocycles. The van der Waals surface area contributed by atoms with Crippen molar-refractivity contribution in [2.45, 2.75) is 44.7 Å². The van der Waals surface area contributed by atoms with Crippen molar-refractivity contribution < 1.29 is 9.21 Å². The van der Waals surface area contributed by atoms with E-state index in [-0.39, 0.29) is 5.91 Å². The molecule has 0 N–H and O–H groups in total. The second-order valence-electron chi connectivity index (χ2n) is 7.13. The molecule has 4 rings (SSSR count). The molecule has 1 atom stereocenters. The van der Waals surface area contributed by atoms with E-state index >= 15 is 0 Å². The predicted octanol–water partition coefficient (Wildman–Crippen LogP) is 2.61. The van der Waals surface area contributed by atoms with E-state index in [0.717, 1.165) is 31.7 Å². The molecule has 6 nitrogen and oxygen atoms in total. The topological polar surface area (TPSA) is 54.5 Å². The molecule has 0 aromatic carbocycles. The Hall–Kier alpha value is -2.08. The molecular formula is C19H26N4O2. The van der Waals surface area contributed by atoms with Crippen molar-refractivity contribution >= 4 is 5.91 Å². The zero-order valence-electron chi connectivity index (χ0n) is 14.6. The number of amides is 1. The summed E-state index contributed by atoms with van der Waals surface area (Å²) in [5.74, 6) is 1.25. The molecule has 0 unspecified atom stereocenters. The maximum Gasteiger partial charge on any atom is 0.289 e. The van der Waals surface area contributed by atoms with Gasteiger partial charge in [0.2, 0.25) is 0 Å². The lowest BCUT2D eigenvalue weighted by Gasteiger charge is -2.32. The van der Waals surface area contributed by atoms with Crippen LogP contribution in [-0.4, -0.2) is 57.7 Å². The van der Waals surface area contributed by atoms with E-state index in [0.29, 0.717) is 18.3 Å². The van der Waals surface area contributed by atoms with Gasteiger partial charge in [-0.15, -0.1) is 0 Å². The summed E-state index contributed by atoms with van der Waals surface area (Å²) in [6.45, 7) is 4.75. The van der Waals surface area contributed by atoms with E-state index in [1.54, 1.807) is 16.9 Å². The molecule has 6 heteroatoms. The molecule has 0 bridgehead atoms. The third-order valence-corrected chi connectivity index (χ3v) is 5.31. The molecular weight excluding hydrogens is 316 g/mol. The van der Waals surface area contributed by atoms with E-state index in [4.69, 9.17) is 4.42 Å². The normalized spacial score (nSPS) is 21.8. The smallest absolute Gasteiger partial charge is 0.289 e. The third kappa shape index (κ3) is 3.79.